The van der Waals surface area contributed by atoms with Crippen molar-refractivity contribution < 1.29 is 9.53 Å². The van der Waals surface area contributed by atoms with Crippen LogP contribution in [0.5, 0.6) is 5.75 Å². The zero-order valence-corrected chi connectivity index (χ0v) is 17.4. The number of benzene rings is 3. The van der Waals surface area contributed by atoms with Crippen LogP contribution in [0.3, 0.4) is 0 Å². The van der Waals surface area contributed by atoms with Crippen LogP contribution >= 0.6 is 11.6 Å². The number of halogens is 1. The van der Waals surface area contributed by atoms with E-state index >= 15 is 0 Å². The molecule has 7 heteroatoms. The molecule has 0 spiro atoms. The van der Waals surface area contributed by atoms with Crippen molar-refractivity contribution in [1.29, 1.82) is 0 Å². The van der Waals surface area contributed by atoms with Crippen LogP contribution < -0.4 is 10.1 Å². The maximum atomic E-state index is 12.7. The van der Waals surface area contributed by atoms with Gasteiger partial charge in [-0.15, -0.1) is 10.2 Å². The Hall–Kier alpha value is -3.38. The molecule has 6 nitrogen and oxygen atoms in total. The number of hydrogen-bond acceptors (Lipinski definition) is 4. The number of rotatable bonds is 6. The third kappa shape index (κ3) is 4.28. The number of carbonyl (C=O) groups is 1. The molecule has 0 saturated heterocycles. The third-order valence-electron chi connectivity index (χ3n) is 4.73. The molecule has 1 aromatic heterocycles. The smallest absolute Gasteiger partial charge is 0.255 e. The molecule has 0 bridgehead atoms. The summed E-state index contributed by atoms with van der Waals surface area (Å²) in [5, 5.41) is 12.2. The molecule has 30 heavy (non-hydrogen) atoms. The van der Waals surface area contributed by atoms with E-state index in [9.17, 15) is 4.79 Å². The van der Waals surface area contributed by atoms with Gasteiger partial charge in [-0.1, -0.05) is 36.7 Å². The molecule has 0 fully saturated rings. The molecule has 0 unspecified atom stereocenters. The topological polar surface area (TPSA) is 69.0 Å². The van der Waals surface area contributed by atoms with Gasteiger partial charge in [0.1, 0.15) is 16.8 Å². The first-order chi connectivity index (χ1) is 14.5. The predicted octanol–water partition coefficient (Wildman–Crippen LogP) is 5.50. The summed E-state index contributed by atoms with van der Waals surface area (Å²) in [6, 6.07) is 20.0. The SMILES string of the molecule is CC[C@H](C)Oc1ccc(C(=O)Nc2cc3nn(-c4ccccc4)nc3cc2Cl)cc1. The zero-order chi connectivity index (χ0) is 21.1. The first-order valence-electron chi connectivity index (χ1n) is 9.73. The van der Waals surface area contributed by atoms with E-state index in [1.807, 2.05) is 37.3 Å². The van der Waals surface area contributed by atoms with Crippen molar-refractivity contribution in [3.05, 3.63) is 77.3 Å². The van der Waals surface area contributed by atoms with Gasteiger partial charge in [0.05, 0.1) is 22.5 Å². The Morgan fingerprint density at radius 3 is 2.40 bits per heavy atom. The average Bonchev–Trinajstić information content (AvgIpc) is 3.17. The van der Waals surface area contributed by atoms with Crippen LogP contribution in [0, 0.1) is 0 Å². The second kappa shape index (κ2) is 8.55. The largest absolute Gasteiger partial charge is 0.491 e. The molecule has 1 N–H and O–H groups in total. The third-order valence-corrected chi connectivity index (χ3v) is 5.05. The molecule has 4 aromatic rings. The average molecular weight is 421 g/mol. The number of amides is 1. The molecule has 0 aliphatic heterocycles. The molecule has 152 valence electrons. The van der Waals surface area contributed by atoms with E-state index in [1.54, 1.807) is 41.2 Å². The summed E-state index contributed by atoms with van der Waals surface area (Å²) in [5.41, 5.74) is 3.11. The molecule has 1 amide bonds. The minimum absolute atomic E-state index is 0.125. The maximum absolute atomic E-state index is 12.7. The Bertz CT molecular complexity index is 1170. The van der Waals surface area contributed by atoms with Gasteiger partial charge in [0.2, 0.25) is 0 Å². The summed E-state index contributed by atoms with van der Waals surface area (Å²) in [7, 11) is 0. The molecule has 0 radical (unpaired) electrons. The van der Waals surface area contributed by atoms with Crippen LogP contribution in [0.2, 0.25) is 5.02 Å². The number of fused-ring (bicyclic) bond motifs is 1. The Labute approximate surface area is 179 Å². The molecule has 1 atom stereocenters. The molecule has 0 aliphatic rings. The standard InChI is InChI=1S/C23H21ClN4O2/c1-3-15(2)30-18-11-9-16(10-12-18)23(29)25-20-14-22-21(13-19(20)24)26-28(27-22)17-7-5-4-6-8-17/h4-15H,3H2,1-2H3,(H,25,29)/t15-/m0/s1. The Morgan fingerprint density at radius 2 is 1.73 bits per heavy atom. The highest BCUT2D eigenvalue weighted by Gasteiger charge is 2.13. The molecular weight excluding hydrogens is 400 g/mol. The van der Waals surface area contributed by atoms with Crippen LogP contribution in [0.1, 0.15) is 30.6 Å². The van der Waals surface area contributed by atoms with Crippen molar-refractivity contribution in [2.24, 2.45) is 0 Å². The summed E-state index contributed by atoms with van der Waals surface area (Å²) in [6.45, 7) is 4.07. The van der Waals surface area contributed by atoms with Crippen LogP contribution in [0.15, 0.2) is 66.7 Å². The second-order valence-corrected chi connectivity index (χ2v) is 7.37. The Balaban J connectivity index is 1.54. The number of hydrogen-bond donors (Lipinski definition) is 1. The minimum Gasteiger partial charge on any atom is -0.491 e. The van der Waals surface area contributed by atoms with Crippen molar-refractivity contribution in [2.45, 2.75) is 26.4 Å². The Kier molecular flexibility index (Phi) is 5.68. The fourth-order valence-corrected chi connectivity index (χ4v) is 3.11. The number of carbonyl (C=O) groups excluding carboxylic acids is 1. The van der Waals surface area contributed by atoms with E-state index in [2.05, 4.69) is 22.4 Å². The van der Waals surface area contributed by atoms with Gasteiger partial charge in [0.15, 0.2) is 0 Å². The van der Waals surface area contributed by atoms with Gasteiger partial charge in [-0.2, -0.15) is 4.80 Å². The van der Waals surface area contributed by atoms with Gasteiger partial charge in [0, 0.05) is 5.56 Å². The van der Waals surface area contributed by atoms with Crippen LogP contribution in [0.25, 0.3) is 16.7 Å². The van der Waals surface area contributed by atoms with Crippen molar-refractivity contribution in [3.8, 4) is 11.4 Å². The van der Waals surface area contributed by atoms with Crippen molar-refractivity contribution >= 4 is 34.2 Å². The highest BCUT2D eigenvalue weighted by molar-refractivity contribution is 6.34. The van der Waals surface area contributed by atoms with Crippen LogP contribution in [0.4, 0.5) is 5.69 Å². The van der Waals surface area contributed by atoms with E-state index in [0.717, 1.165) is 17.9 Å². The molecule has 0 aliphatic carbocycles. The lowest BCUT2D eigenvalue weighted by molar-refractivity contribution is 0.102. The van der Waals surface area contributed by atoms with Gasteiger partial charge < -0.3 is 10.1 Å². The number of nitrogens with one attached hydrogen (secondary N) is 1. The number of para-hydroxylation sites is 1. The normalized spacial score (nSPS) is 12.0. The second-order valence-electron chi connectivity index (χ2n) is 6.96. The summed E-state index contributed by atoms with van der Waals surface area (Å²) >= 11 is 6.38. The van der Waals surface area contributed by atoms with Crippen molar-refractivity contribution in [1.82, 2.24) is 15.0 Å². The van der Waals surface area contributed by atoms with Gasteiger partial charge in [0.25, 0.3) is 5.91 Å². The summed E-state index contributed by atoms with van der Waals surface area (Å²) < 4.78 is 5.75. The van der Waals surface area contributed by atoms with Gasteiger partial charge in [-0.3, -0.25) is 4.79 Å². The van der Waals surface area contributed by atoms with Crippen LogP contribution in [-0.2, 0) is 0 Å². The first kappa shape index (κ1) is 19.9. The van der Waals surface area contributed by atoms with E-state index in [-0.39, 0.29) is 12.0 Å². The lowest BCUT2D eigenvalue weighted by atomic mass is 10.2. The lowest BCUT2D eigenvalue weighted by Crippen LogP contribution is -2.13. The number of aromatic nitrogens is 3. The fourth-order valence-electron chi connectivity index (χ4n) is 2.91. The predicted molar refractivity (Wildman–Crippen MR) is 119 cm³/mol. The quantitative estimate of drug-likeness (QED) is 0.447. The lowest BCUT2D eigenvalue weighted by Gasteiger charge is -2.13. The number of ether oxygens (including phenoxy) is 1. The summed E-state index contributed by atoms with van der Waals surface area (Å²) in [5.74, 6) is 0.472. The molecule has 3 aromatic carbocycles. The first-order valence-corrected chi connectivity index (χ1v) is 10.1. The number of anilines is 1. The van der Waals surface area contributed by atoms with E-state index in [0.29, 0.717) is 27.3 Å². The van der Waals surface area contributed by atoms with E-state index in [1.165, 1.54) is 0 Å². The Morgan fingerprint density at radius 1 is 1.07 bits per heavy atom. The maximum Gasteiger partial charge on any atom is 0.255 e. The zero-order valence-electron chi connectivity index (χ0n) is 16.7. The highest BCUT2D eigenvalue weighted by Crippen LogP contribution is 2.27. The monoisotopic (exact) mass is 420 g/mol. The molecular formula is C23H21ClN4O2. The van der Waals surface area contributed by atoms with Gasteiger partial charge >= 0.3 is 0 Å². The number of nitrogens with zero attached hydrogens (tertiary/aromatic N) is 3. The molecule has 0 saturated carbocycles. The van der Waals surface area contributed by atoms with Gasteiger partial charge in [-0.05, 0) is 61.9 Å². The summed E-state index contributed by atoms with van der Waals surface area (Å²) in [6.07, 6.45) is 1.04. The highest BCUT2D eigenvalue weighted by atomic mass is 35.5. The summed E-state index contributed by atoms with van der Waals surface area (Å²) in [4.78, 5) is 14.2. The van der Waals surface area contributed by atoms with Crippen molar-refractivity contribution in [2.75, 3.05) is 5.32 Å². The van der Waals surface area contributed by atoms with Crippen LogP contribution in [-0.4, -0.2) is 27.0 Å². The van der Waals surface area contributed by atoms with E-state index < -0.39 is 0 Å². The fraction of sp³-hybridized carbons (Fsp3) is 0.174. The molecule has 1 heterocycles. The van der Waals surface area contributed by atoms with Gasteiger partial charge in [-0.25, -0.2) is 0 Å². The minimum atomic E-state index is -0.262. The molecule has 4 rings (SSSR count). The van der Waals surface area contributed by atoms with E-state index in [4.69, 9.17) is 16.3 Å². The van der Waals surface area contributed by atoms with Crippen molar-refractivity contribution in [3.63, 3.8) is 0 Å².